The molecule has 0 aliphatic carbocycles. The molecule has 0 unspecified atom stereocenters. The van der Waals surface area contributed by atoms with Gasteiger partial charge < -0.3 is 9.47 Å². The van der Waals surface area contributed by atoms with E-state index in [1.807, 2.05) is 0 Å². The minimum absolute atomic E-state index is 1.09. The Morgan fingerprint density at radius 1 is 0.276 bits per heavy atom. The minimum Gasteiger partial charge on any atom is -0.310 e. The molecule has 1 heterocycles. The summed E-state index contributed by atoms with van der Waals surface area (Å²) in [6.07, 6.45) is 0. The molecule has 0 bridgehead atoms. The fourth-order valence-electron chi connectivity index (χ4n) is 8.72. The number of hydrogen-bond donors (Lipinski definition) is 0. The summed E-state index contributed by atoms with van der Waals surface area (Å²) in [5.41, 5.74) is 14.0. The molecule has 0 saturated heterocycles. The predicted octanol–water partition coefficient (Wildman–Crippen LogP) is 15.6. The monoisotopic (exact) mass is 738 g/mol. The van der Waals surface area contributed by atoms with Gasteiger partial charge in [-0.1, -0.05) is 170 Å². The lowest BCUT2D eigenvalue weighted by atomic mass is 10.00. The summed E-state index contributed by atoms with van der Waals surface area (Å²) < 4.78 is 2.44. The number of hydrogen-bond acceptors (Lipinski definition) is 1. The van der Waals surface area contributed by atoms with Crippen LogP contribution in [0, 0.1) is 0 Å². The number of rotatable bonds is 7. The number of benzene rings is 10. The largest absolute Gasteiger partial charge is 0.310 e. The van der Waals surface area contributed by atoms with Crippen LogP contribution >= 0.6 is 0 Å². The molecule has 0 saturated carbocycles. The van der Waals surface area contributed by atoms with Crippen molar-refractivity contribution < 1.29 is 0 Å². The lowest BCUT2D eigenvalue weighted by Gasteiger charge is -2.27. The van der Waals surface area contributed by atoms with E-state index in [4.69, 9.17) is 0 Å². The van der Waals surface area contributed by atoms with Crippen LogP contribution in [-0.4, -0.2) is 4.57 Å². The van der Waals surface area contributed by atoms with E-state index in [0.29, 0.717) is 0 Å². The van der Waals surface area contributed by atoms with Crippen LogP contribution in [0.15, 0.2) is 231 Å². The van der Waals surface area contributed by atoms with E-state index in [-0.39, 0.29) is 0 Å². The number of anilines is 3. The number of para-hydroxylation sites is 1. The Labute approximate surface area is 338 Å². The second kappa shape index (κ2) is 14.1. The zero-order valence-electron chi connectivity index (χ0n) is 31.8. The van der Waals surface area contributed by atoms with Gasteiger partial charge >= 0.3 is 0 Å². The maximum absolute atomic E-state index is 2.44. The molecule has 1 aromatic heterocycles. The molecule has 10 aromatic carbocycles. The highest BCUT2D eigenvalue weighted by Gasteiger charge is 2.17. The fourth-order valence-corrected chi connectivity index (χ4v) is 8.72. The van der Waals surface area contributed by atoms with E-state index in [1.165, 1.54) is 65.6 Å². The molecule has 0 N–H and O–H groups in total. The van der Waals surface area contributed by atoms with E-state index in [0.717, 1.165) is 33.9 Å². The Hall–Kier alpha value is -7.68. The summed E-state index contributed by atoms with van der Waals surface area (Å²) in [4.78, 5) is 2.38. The van der Waals surface area contributed by atoms with Crippen molar-refractivity contribution in [2.45, 2.75) is 0 Å². The topological polar surface area (TPSA) is 8.17 Å². The molecule has 0 radical (unpaired) electrons. The quantitative estimate of drug-likeness (QED) is 0.158. The van der Waals surface area contributed by atoms with Crippen molar-refractivity contribution in [1.29, 1.82) is 0 Å². The Morgan fingerprint density at radius 3 is 1.59 bits per heavy atom. The van der Waals surface area contributed by atoms with Gasteiger partial charge in [-0.15, -0.1) is 0 Å². The molecule has 272 valence electrons. The van der Waals surface area contributed by atoms with Crippen molar-refractivity contribution in [2.75, 3.05) is 4.90 Å². The smallest absolute Gasteiger partial charge is 0.0619 e. The molecule has 11 rings (SSSR count). The molecule has 0 spiro atoms. The average molecular weight is 739 g/mol. The van der Waals surface area contributed by atoms with Crippen molar-refractivity contribution in [3.8, 4) is 39.1 Å². The summed E-state index contributed by atoms with van der Waals surface area (Å²) in [6.45, 7) is 0. The van der Waals surface area contributed by atoms with Crippen molar-refractivity contribution >= 4 is 60.4 Å². The molecule has 11 aromatic rings. The van der Waals surface area contributed by atoms with Gasteiger partial charge in [0, 0.05) is 38.9 Å². The molecular weight excluding hydrogens is 701 g/mol. The first-order valence-electron chi connectivity index (χ1n) is 19.9. The standard InChI is InChI=1S/C56H38N2/c1-2-13-39(14-3-1)44-18-10-21-49(36-44)57(48-32-29-41(30-33-48)47-28-27-40-15-4-5-17-43(40)35-47)50-22-11-19-45(37-50)46-20-12-23-51(38-46)58-55-26-9-8-25-53(55)54-34-31-42-16-6-7-24-52(42)56(54)58/h1-38H. The summed E-state index contributed by atoms with van der Waals surface area (Å²) in [5, 5.41) is 7.52. The van der Waals surface area contributed by atoms with Gasteiger partial charge in [-0.25, -0.2) is 0 Å². The number of aromatic nitrogens is 1. The summed E-state index contributed by atoms with van der Waals surface area (Å²) in [5.74, 6) is 0. The molecule has 0 amide bonds. The van der Waals surface area contributed by atoms with Crippen LogP contribution in [0.25, 0.3) is 82.4 Å². The highest BCUT2D eigenvalue weighted by atomic mass is 15.1. The van der Waals surface area contributed by atoms with Crippen molar-refractivity contribution in [2.24, 2.45) is 0 Å². The lowest BCUT2D eigenvalue weighted by Crippen LogP contribution is -2.10. The Kier molecular flexibility index (Phi) is 8.19. The predicted molar refractivity (Wildman–Crippen MR) is 247 cm³/mol. The van der Waals surface area contributed by atoms with Crippen LogP contribution in [0.4, 0.5) is 17.1 Å². The molecular formula is C56H38N2. The van der Waals surface area contributed by atoms with Crippen LogP contribution in [0.5, 0.6) is 0 Å². The first-order valence-corrected chi connectivity index (χ1v) is 19.9. The Bertz CT molecular complexity index is 3280. The zero-order valence-corrected chi connectivity index (χ0v) is 31.8. The molecule has 0 atom stereocenters. The van der Waals surface area contributed by atoms with Crippen LogP contribution < -0.4 is 4.90 Å². The van der Waals surface area contributed by atoms with E-state index in [9.17, 15) is 0 Å². The Morgan fingerprint density at radius 2 is 0.810 bits per heavy atom. The molecule has 0 aliphatic heterocycles. The maximum Gasteiger partial charge on any atom is 0.0619 e. The highest BCUT2D eigenvalue weighted by molar-refractivity contribution is 6.18. The van der Waals surface area contributed by atoms with Gasteiger partial charge in [0.25, 0.3) is 0 Å². The second-order valence-electron chi connectivity index (χ2n) is 15.0. The normalized spacial score (nSPS) is 11.4. The van der Waals surface area contributed by atoms with Crippen LogP contribution in [0.2, 0.25) is 0 Å². The summed E-state index contributed by atoms with van der Waals surface area (Å²) >= 11 is 0. The third-order valence-corrected chi connectivity index (χ3v) is 11.5. The van der Waals surface area contributed by atoms with Gasteiger partial charge in [0.2, 0.25) is 0 Å². The van der Waals surface area contributed by atoms with Gasteiger partial charge in [-0.2, -0.15) is 0 Å². The summed E-state index contributed by atoms with van der Waals surface area (Å²) in [7, 11) is 0. The van der Waals surface area contributed by atoms with Crippen molar-refractivity contribution in [3.63, 3.8) is 0 Å². The van der Waals surface area contributed by atoms with E-state index >= 15 is 0 Å². The molecule has 2 heteroatoms. The fraction of sp³-hybridized carbons (Fsp3) is 0. The average Bonchev–Trinajstić information content (AvgIpc) is 3.65. The third kappa shape index (κ3) is 5.91. The van der Waals surface area contributed by atoms with Crippen LogP contribution in [0.1, 0.15) is 0 Å². The molecule has 0 fully saturated rings. The van der Waals surface area contributed by atoms with Crippen molar-refractivity contribution in [3.05, 3.63) is 231 Å². The second-order valence-corrected chi connectivity index (χ2v) is 15.0. The molecule has 58 heavy (non-hydrogen) atoms. The van der Waals surface area contributed by atoms with Gasteiger partial charge in [-0.3, -0.25) is 0 Å². The lowest BCUT2D eigenvalue weighted by molar-refractivity contribution is 1.19. The van der Waals surface area contributed by atoms with E-state index in [2.05, 4.69) is 240 Å². The maximum atomic E-state index is 2.44. The molecule has 0 aliphatic rings. The van der Waals surface area contributed by atoms with E-state index < -0.39 is 0 Å². The van der Waals surface area contributed by atoms with Crippen LogP contribution in [-0.2, 0) is 0 Å². The van der Waals surface area contributed by atoms with Crippen molar-refractivity contribution in [1.82, 2.24) is 4.57 Å². The highest BCUT2D eigenvalue weighted by Crippen LogP contribution is 2.41. The Balaban J connectivity index is 1.03. The SMILES string of the molecule is c1ccc(-c2cccc(N(c3ccc(-c4ccc5ccccc5c4)cc3)c3cccc(-c4cccc(-n5c6ccccc6c6ccc7ccccc7c65)c4)c3)c2)cc1. The van der Waals surface area contributed by atoms with Gasteiger partial charge in [0.05, 0.1) is 11.0 Å². The number of fused-ring (bicyclic) bond motifs is 6. The minimum atomic E-state index is 1.09. The van der Waals surface area contributed by atoms with E-state index in [1.54, 1.807) is 0 Å². The van der Waals surface area contributed by atoms with Gasteiger partial charge in [0.1, 0.15) is 0 Å². The number of nitrogens with zero attached hydrogens (tertiary/aromatic N) is 2. The van der Waals surface area contributed by atoms with Crippen LogP contribution in [0.3, 0.4) is 0 Å². The first kappa shape index (κ1) is 33.6. The summed E-state index contributed by atoms with van der Waals surface area (Å²) in [6, 6.07) is 83.7. The first-order chi connectivity index (χ1) is 28.7. The van der Waals surface area contributed by atoms with Gasteiger partial charge in [-0.05, 0) is 110 Å². The van der Waals surface area contributed by atoms with Gasteiger partial charge in [0.15, 0.2) is 0 Å². The molecule has 2 nitrogen and oxygen atoms in total. The third-order valence-electron chi connectivity index (χ3n) is 11.5. The zero-order chi connectivity index (χ0) is 38.4.